The number of carbonyl (C=O) groups is 2. The normalized spacial score (nSPS) is 9.50. The van der Waals surface area contributed by atoms with Crippen LogP contribution in [-0.2, 0) is 4.74 Å². The van der Waals surface area contributed by atoms with Gasteiger partial charge in [0.25, 0.3) is 0 Å². The number of carboxylic acid groups (broad SMARTS) is 1. The molecule has 0 atom stereocenters. The molecule has 0 bridgehead atoms. The molecule has 0 saturated carbocycles. The Morgan fingerprint density at radius 1 is 1.57 bits per heavy atom. The minimum Gasteiger partial charge on any atom is -0.545 e. The Kier molecular flexibility index (Phi) is 3.17. The van der Waals surface area contributed by atoms with Gasteiger partial charge in [0, 0.05) is 11.8 Å². The van der Waals surface area contributed by atoms with Crippen molar-refractivity contribution < 1.29 is 19.4 Å². The predicted octanol–water partition coefficient (Wildman–Crippen LogP) is -0.378. The predicted molar refractivity (Wildman–Crippen MR) is 44.5 cm³/mol. The molecule has 0 aliphatic heterocycles. The van der Waals surface area contributed by atoms with Crippen molar-refractivity contribution in [1.29, 1.82) is 0 Å². The van der Waals surface area contributed by atoms with Gasteiger partial charge in [-0.1, -0.05) is 0 Å². The molecule has 0 amide bonds. The SMILES string of the molecule is CCOC(=O)c1ncccc1C(=O)[O-]. The van der Waals surface area contributed by atoms with E-state index < -0.39 is 11.9 Å². The molecule has 1 rings (SSSR count). The molecule has 0 fully saturated rings. The van der Waals surface area contributed by atoms with Gasteiger partial charge in [0.1, 0.15) is 0 Å². The number of rotatable bonds is 3. The monoisotopic (exact) mass is 194 g/mol. The van der Waals surface area contributed by atoms with E-state index in [1.165, 1.54) is 18.3 Å². The number of ether oxygens (including phenoxy) is 1. The second-order valence-corrected chi connectivity index (χ2v) is 2.41. The summed E-state index contributed by atoms with van der Waals surface area (Å²) >= 11 is 0. The summed E-state index contributed by atoms with van der Waals surface area (Å²) in [6.45, 7) is 1.79. The number of carbonyl (C=O) groups excluding carboxylic acids is 2. The summed E-state index contributed by atoms with van der Waals surface area (Å²) in [7, 11) is 0. The number of aromatic nitrogens is 1. The van der Waals surface area contributed by atoms with Crippen LogP contribution in [0, 0.1) is 0 Å². The van der Waals surface area contributed by atoms with Crippen molar-refractivity contribution in [2.75, 3.05) is 6.61 Å². The molecule has 0 saturated heterocycles. The van der Waals surface area contributed by atoms with Crippen LogP contribution in [0.5, 0.6) is 0 Å². The van der Waals surface area contributed by atoms with Gasteiger partial charge in [0.2, 0.25) is 0 Å². The highest BCUT2D eigenvalue weighted by Gasteiger charge is 2.13. The number of hydrogen-bond donors (Lipinski definition) is 0. The van der Waals surface area contributed by atoms with Crippen molar-refractivity contribution >= 4 is 11.9 Å². The highest BCUT2D eigenvalue weighted by Crippen LogP contribution is 2.05. The summed E-state index contributed by atoms with van der Waals surface area (Å²) in [6.07, 6.45) is 1.32. The fourth-order valence-electron chi connectivity index (χ4n) is 0.932. The van der Waals surface area contributed by atoms with E-state index in [1.807, 2.05) is 0 Å². The zero-order valence-corrected chi connectivity index (χ0v) is 7.52. The summed E-state index contributed by atoms with van der Waals surface area (Å²) in [6, 6.07) is 2.66. The lowest BCUT2D eigenvalue weighted by molar-refractivity contribution is -0.255. The Hall–Kier alpha value is -1.91. The highest BCUT2D eigenvalue weighted by molar-refractivity contribution is 6.00. The number of pyridine rings is 1. The molecule has 14 heavy (non-hydrogen) atoms. The van der Waals surface area contributed by atoms with Crippen molar-refractivity contribution in [2.24, 2.45) is 0 Å². The lowest BCUT2D eigenvalue weighted by Crippen LogP contribution is -2.26. The average molecular weight is 194 g/mol. The lowest BCUT2D eigenvalue weighted by Gasteiger charge is -2.07. The van der Waals surface area contributed by atoms with Crippen molar-refractivity contribution in [3.8, 4) is 0 Å². The van der Waals surface area contributed by atoms with Crippen LogP contribution < -0.4 is 5.11 Å². The van der Waals surface area contributed by atoms with Gasteiger partial charge >= 0.3 is 5.97 Å². The third-order valence-electron chi connectivity index (χ3n) is 1.50. The first kappa shape index (κ1) is 10.2. The first-order valence-electron chi connectivity index (χ1n) is 4.00. The standard InChI is InChI=1S/C9H9NO4/c1-2-14-9(13)7-6(8(11)12)4-3-5-10-7/h3-5H,2H2,1H3,(H,11,12)/p-1. The molecule has 0 aliphatic rings. The Labute approximate surface area is 80.3 Å². The Bertz CT molecular complexity index is 362. The molecule has 1 heterocycles. The van der Waals surface area contributed by atoms with Crippen molar-refractivity contribution in [1.82, 2.24) is 4.98 Å². The Morgan fingerprint density at radius 2 is 2.29 bits per heavy atom. The number of hydrogen-bond acceptors (Lipinski definition) is 5. The minimum absolute atomic E-state index is 0.169. The molecule has 5 heteroatoms. The van der Waals surface area contributed by atoms with E-state index >= 15 is 0 Å². The van der Waals surface area contributed by atoms with Gasteiger partial charge in [0.05, 0.1) is 12.6 Å². The number of carboxylic acids is 1. The van der Waals surface area contributed by atoms with Gasteiger partial charge in [-0.05, 0) is 19.1 Å². The molecule has 0 aliphatic carbocycles. The fourth-order valence-corrected chi connectivity index (χ4v) is 0.932. The molecule has 5 nitrogen and oxygen atoms in total. The van der Waals surface area contributed by atoms with E-state index in [4.69, 9.17) is 0 Å². The van der Waals surface area contributed by atoms with Crippen molar-refractivity contribution in [3.63, 3.8) is 0 Å². The lowest BCUT2D eigenvalue weighted by atomic mass is 10.2. The molecule has 74 valence electrons. The number of esters is 1. The van der Waals surface area contributed by atoms with Gasteiger partial charge in [0.15, 0.2) is 5.69 Å². The summed E-state index contributed by atoms with van der Waals surface area (Å²) in [4.78, 5) is 25.4. The third kappa shape index (κ3) is 2.07. The number of aromatic carboxylic acids is 1. The second kappa shape index (κ2) is 4.36. The fraction of sp³-hybridized carbons (Fsp3) is 0.222. The molecule has 0 radical (unpaired) electrons. The molecule has 1 aromatic heterocycles. The molecule has 0 N–H and O–H groups in total. The van der Waals surface area contributed by atoms with Crippen LogP contribution in [0.3, 0.4) is 0 Å². The first-order valence-corrected chi connectivity index (χ1v) is 4.00. The maximum absolute atomic E-state index is 11.2. The topological polar surface area (TPSA) is 79.3 Å². The van der Waals surface area contributed by atoms with Gasteiger partial charge in [-0.15, -0.1) is 0 Å². The van der Waals surface area contributed by atoms with Crippen LogP contribution in [0.2, 0.25) is 0 Å². The van der Waals surface area contributed by atoms with Gasteiger partial charge in [-0.2, -0.15) is 0 Å². The second-order valence-electron chi connectivity index (χ2n) is 2.41. The van der Waals surface area contributed by atoms with Crippen LogP contribution >= 0.6 is 0 Å². The number of nitrogens with zero attached hydrogens (tertiary/aromatic N) is 1. The minimum atomic E-state index is -1.44. The molecular formula is C9H8NO4-. The van der Waals surface area contributed by atoms with Crippen LogP contribution in [0.1, 0.15) is 27.8 Å². The zero-order valence-electron chi connectivity index (χ0n) is 7.52. The van der Waals surface area contributed by atoms with E-state index in [-0.39, 0.29) is 17.9 Å². The van der Waals surface area contributed by atoms with E-state index in [1.54, 1.807) is 6.92 Å². The summed E-state index contributed by atoms with van der Waals surface area (Å²) in [5.41, 5.74) is -0.486. The summed E-state index contributed by atoms with van der Waals surface area (Å²) < 4.78 is 4.63. The quantitative estimate of drug-likeness (QED) is 0.613. The van der Waals surface area contributed by atoms with Crippen LogP contribution in [0.15, 0.2) is 18.3 Å². The molecule has 0 spiro atoms. The summed E-state index contributed by atoms with van der Waals surface area (Å²) in [5.74, 6) is -2.20. The molecule has 0 unspecified atom stereocenters. The smallest absolute Gasteiger partial charge is 0.357 e. The van der Waals surface area contributed by atoms with Gasteiger partial charge < -0.3 is 14.6 Å². The molecule has 1 aromatic rings. The van der Waals surface area contributed by atoms with Crippen LogP contribution in [0.4, 0.5) is 0 Å². The largest absolute Gasteiger partial charge is 0.545 e. The molecule has 0 aromatic carbocycles. The van der Waals surface area contributed by atoms with Crippen molar-refractivity contribution in [2.45, 2.75) is 6.92 Å². The van der Waals surface area contributed by atoms with E-state index in [0.29, 0.717) is 0 Å². The van der Waals surface area contributed by atoms with Gasteiger partial charge in [-0.3, -0.25) is 0 Å². The van der Waals surface area contributed by atoms with Crippen LogP contribution in [-0.4, -0.2) is 23.5 Å². The third-order valence-corrected chi connectivity index (χ3v) is 1.50. The Balaban J connectivity index is 3.07. The van der Waals surface area contributed by atoms with Crippen molar-refractivity contribution in [3.05, 3.63) is 29.6 Å². The van der Waals surface area contributed by atoms with Crippen LogP contribution in [0.25, 0.3) is 0 Å². The first-order chi connectivity index (χ1) is 6.66. The Morgan fingerprint density at radius 3 is 2.86 bits per heavy atom. The average Bonchev–Trinajstić information content (AvgIpc) is 2.18. The van der Waals surface area contributed by atoms with E-state index in [2.05, 4.69) is 9.72 Å². The highest BCUT2D eigenvalue weighted by atomic mass is 16.5. The maximum Gasteiger partial charge on any atom is 0.357 e. The zero-order chi connectivity index (χ0) is 10.6. The molecular weight excluding hydrogens is 186 g/mol. The summed E-state index contributed by atoms with van der Waals surface area (Å²) in [5, 5.41) is 10.6. The van der Waals surface area contributed by atoms with E-state index in [9.17, 15) is 14.7 Å². The van der Waals surface area contributed by atoms with E-state index in [0.717, 1.165) is 0 Å². The maximum atomic E-state index is 11.2. The van der Waals surface area contributed by atoms with Gasteiger partial charge in [-0.25, -0.2) is 9.78 Å².